The smallest absolute Gasteiger partial charge is 0.115 e. The molecular weight excluding hydrogens is 424 g/mol. The number of rotatable bonds is 4. The highest BCUT2D eigenvalue weighted by Gasteiger charge is 2.47. The van der Waals surface area contributed by atoms with Crippen LogP contribution in [0.4, 0.5) is 11.4 Å². The first-order valence-electron chi connectivity index (χ1n) is 10.5. The first-order chi connectivity index (χ1) is 15.1. The van der Waals surface area contributed by atoms with E-state index in [-0.39, 0.29) is 0 Å². The Hall–Kier alpha value is -2.28. The fraction of sp³-hybridized carbons (Fsp3) is 0.280. The highest BCUT2D eigenvalue weighted by Crippen LogP contribution is 2.58. The molecule has 0 radical (unpaired) electrons. The van der Waals surface area contributed by atoms with Crippen LogP contribution in [0.3, 0.4) is 0 Å². The van der Waals surface area contributed by atoms with Gasteiger partial charge in [-0.1, -0.05) is 48.5 Å². The highest BCUT2D eigenvalue weighted by molar-refractivity contribution is 8.70. The van der Waals surface area contributed by atoms with Crippen LogP contribution in [0.15, 0.2) is 77.7 Å². The van der Waals surface area contributed by atoms with Crippen LogP contribution in [0.5, 0.6) is 0 Å². The third-order valence-electron chi connectivity index (χ3n) is 6.07. The molecule has 0 spiro atoms. The van der Waals surface area contributed by atoms with Crippen LogP contribution in [-0.2, 0) is 19.3 Å². The second-order valence-corrected chi connectivity index (χ2v) is 11.2. The van der Waals surface area contributed by atoms with Crippen molar-refractivity contribution in [2.45, 2.75) is 9.64 Å². The summed E-state index contributed by atoms with van der Waals surface area (Å²) in [6, 6.07) is 25.6. The van der Waals surface area contributed by atoms with Gasteiger partial charge in [0.2, 0.25) is 0 Å². The van der Waals surface area contributed by atoms with Gasteiger partial charge in [-0.3, -0.25) is 0 Å². The molecule has 4 nitrogen and oxygen atoms in total. The van der Waals surface area contributed by atoms with E-state index in [1.807, 2.05) is 20.2 Å². The monoisotopic (exact) mass is 450 g/mol. The molecule has 31 heavy (non-hydrogen) atoms. The van der Waals surface area contributed by atoms with Gasteiger partial charge in [0.1, 0.15) is 14.6 Å². The summed E-state index contributed by atoms with van der Waals surface area (Å²) >= 11 is 0. The molecule has 1 fully saturated rings. The Morgan fingerprint density at radius 1 is 0.935 bits per heavy atom. The number of hydrogen-bond acceptors (Lipinski definition) is 5. The van der Waals surface area contributed by atoms with Gasteiger partial charge in [0.05, 0.1) is 18.1 Å². The zero-order valence-corrected chi connectivity index (χ0v) is 19.4. The van der Waals surface area contributed by atoms with E-state index in [4.69, 9.17) is 4.74 Å². The summed E-state index contributed by atoms with van der Waals surface area (Å²) in [6.45, 7) is 3.37. The van der Waals surface area contributed by atoms with E-state index in [2.05, 4.69) is 76.5 Å². The van der Waals surface area contributed by atoms with Gasteiger partial charge in [-0.05, 0) is 51.7 Å². The predicted octanol–water partition coefficient (Wildman–Crippen LogP) is 4.65. The summed E-state index contributed by atoms with van der Waals surface area (Å²) < 4.78 is 18.4. The Kier molecular flexibility index (Phi) is 5.54. The topological polar surface area (TPSA) is 32.8 Å². The summed E-state index contributed by atoms with van der Waals surface area (Å²) in [7, 11) is 4.42. The van der Waals surface area contributed by atoms with Crippen molar-refractivity contribution in [3.63, 3.8) is 0 Å². The summed E-state index contributed by atoms with van der Waals surface area (Å²) in [6.07, 6.45) is 0. The maximum atomic E-state index is 13.4. The summed E-state index contributed by atoms with van der Waals surface area (Å²) in [5.74, 6) is 0. The zero-order chi connectivity index (χ0) is 21.4. The molecular formula is C25H26N2O2S2. The van der Waals surface area contributed by atoms with Gasteiger partial charge >= 0.3 is 0 Å². The van der Waals surface area contributed by atoms with Crippen LogP contribution in [0.1, 0.15) is 16.7 Å². The molecule has 0 amide bonds. The van der Waals surface area contributed by atoms with Gasteiger partial charge in [-0.15, -0.1) is 0 Å². The quantitative estimate of drug-likeness (QED) is 0.541. The highest BCUT2D eigenvalue weighted by atomic mass is 33.1. The molecule has 0 N–H and O–H groups in total. The van der Waals surface area contributed by atoms with Gasteiger partial charge in [0.25, 0.3) is 0 Å². The van der Waals surface area contributed by atoms with E-state index in [0.29, 0.717) is 0 Å². The van der Waals surface area contributed by atoms with E-state index < -0.39 is 14.6 Å². The molecule has 2 aliphatic rings. The molecule has 2 unspecified atom stereocenters. The van der Waals surface area contributed by atoms with Crippen molar-refractivity contribution in [2.75, 3.05) is 50.2 Å². The average Bonchev–Trinajstić information content (AvgIpc) is 3.13. The van der Waals surface area contributed by atoms with Crippen LogP contribution in [0, 0.1) is 0 Å². The molecule has 0 saturated carbocycles. The second-order valence-electron chi connectivity index (χ2n) is 8.09. The van der Waals surface area contributed by atoms with Crippen molar-refractivity contribution in [1.29, 1.82) is 0 Å². The SMILES string of the molecule is CN(C)c1ccc2c(c1)S(=O)SC2(c1ccccc1)c1ccc(N2CCOCC2)cc1. The number of hydrogen-bond donors (Lipinski definition) is 0. The number of benzene rings is 3. The average molecular weight is 451 g/mol. The minimum Gasteiger partial charge on any atom is -0.378 e. The maximum Gasteiger partial charge on any atom is 0.115 e. The first kappa shape index (κ1) is 20.6. The van der Waals surface area contributed by atoms with Crippen LogP contribution in [-0.4, -0.2) is 44.6 Å². The second kappa shape index (κ2) is 8.34. The molecule has 5 rings (SSSR count). The van der Waals surface area contributed by atoms with Crippen LogP contribution >= 0.6 is 10.8 Å². The van der Waals surface area contributed by atoms with Crippen molar-refractivity contribution >= 4 is 32.0 Å². The zero-order valence-electron chi connectivity index (χ0n) is 17.8. The predicted molar refractivity (Wildman–Crippen MR) is 131 cm³/mol. The molecule has 3 aromatic rings. The summed E-state index contributed by atoms with van der Waals surface area (Å²) in [4.78, 5) is 5.33. The number of ether oxygens (including phenoxy) is 1. The van der Waals surface area contributed by atoms with Crippen LogP contribution in [0.2, 0.25) is 0 Å². The Balaban J connectivity index is 1.64. The molecule has 2 aliphatic heterocycles. The van der Waals surface area contributed by atoms with Gasteiger partial charge in [0, 0.05) is 38.6 Å². The molecule has 2 atom stereocenters. The van der Waals surface area contributed by atoms with E-state index in [1.165, 1.54) is 16.5 Å². The molecule has 0 aromatic heterocycles. The molecule has 2 heterocycles. The molecule has 6 heteroatoms. The molecule has 160 valence electrons. The third kappa shape index (κ3) is 3.56. The Labute approximate surface area is 190 Å². The van der Waals surface area contributed by atoms with Gasteiger partial charge in [0.15, 0.2) is 0 Å². The number of anilines is 2. The Bertz CT molecular complexity index is 1100. The summed E-state index contributed by atoms with van der Waals surface area (Å²) in [5, 5.41) is 0. The first-order valence-corrected chi connectivity index (χ1v) is 13.0. The van der Waals surface area contributed by atoms with Crippen molar-refractivity contribution in [1.82, 2.24) is 0 Å². The van der Waals surface area contributed by atoms with E-state index in [0.717, 1.165) is 53.6 Å². The van der Waals surface area contributed by atoms with Gasteiger partial charge in [-0.2, -0.15) is 0 Å². The maximum absolute atomic E-state index is 13.4. The molecule has 0 bridgehead atoms. The van der Waals surface area contributed by atoms with Crippen LogP contribution in [0.25, 0.3) is 0 Å². The Morgan fingerprint density at radius 3 is 2.29 bits per heavy atom. The number of fused-ring (bicyclic) bond motifs is 1. The fourth-order valence-corrected chi connectivity index (χ4v) is 8.34. The molecule has 0 aliphatic carbocycles. The minimum absolute atomic E-state index is 0.490. The van der Waals surface area contributed by atoms with Crippen LogP contribution < -0.4 is 9.80 Å². The lowest BCUT2D eigenvalue weighted by Gasteiger charge is -2.32. The van der Waals surface area contributed by atoms with Crippen molar-refractivity contribution in [3.8, 4) is 0 Å². The lowest BCUT2D eigenvalue weighted by atomic mass is 9.83. The Morgan fingerprint density at radius 2 is 1.61 bits per heavy atom. The lowest BCUT2D eigenvalue weighted by Crippen LogP contribution is -2.36. The van der Waals surface area contributed by atoms with Gasteiger partial charge < -0.3 is 14.5 Å². The third-order valence-corrected chi connectivity index (χ3v) is 9.60. The molecule has 3 aromatic carbocycles. The van der Waals surface area contributed by atoms with E-state index in [9.17, 15) is 4.21 Å². The van der Waals surface area contributed by atoms with Gasteiger partial charge in [-0.25, -0.2) is 4.21 Å². The van der Waals surface area contributed by atoms with Crippen molar-refractivity contribution in [2.24, 2.45) is 0 Å². The number of nitrogens with zero attached hydrogens (tertiary/aromatic N) is 2. The van der Waals surface area contributed by atoms with E-state index >= 15 is 0 Å². The number of morpholine rings is 1. The lowest BCUT2D eigenvalue weighted by molar-refractivity contribution is 0.122. The minimum atomic E-state index is -1.14. The normalized spacial score (nSPS) is 22.9. The van der Waals surface area contributed by atoms with Crippen molar-refractivity contribution in [3.05, 3.63) is 89.5 Å². The standard InChI is InChI=1S/C25H26N2O2S2/c1-26(2)22-12-13-23-24(18-22)31(28)30-25(23,19-6-4-3-5-7-19)20-8-10-21(11-9-20)27-14-16-29-17-15-27/h3-13,18H,14-17H2,1-2H3. The van der Waals surface area contributed by atoms with Crippen molar-refractivity contribution < 1.29 is 8.95 Å². The summed E-state index contributed by atoms with van der Waals surface area (Å²) in [5.41, 5.74) is 5.71. The van der Waals surface area contributed by atoms with E-state index in [1.54, 1.807) is 0 Å². The largest absolute Gasteiger partial charge is 0.378 e. The fourth-order valence-electron chi connectivity index (χ4n) is 4.40. The molecule has 1 saturated heterocycles.